The van der Waals surface area contributed by atoms with Crippen molar-refractivity contribution >= 4 is 16.9 Å². The predicted molar refractivity (Wildman–Crippen MR) is 57.8 cm³/mol. The van der Waals surface area contributed by atoms with Crippen LogP contribution in [0.1, 0.15) is 5.56 Å². The third kappa shape index (κ3) is 1.88. The summed E-state index contributed by atoms with van der Waals surface area (Å²) < 4.78 is 4.62. The van der Waals surface area contributed by atoms with Gasteiger partial charge in [0.2, 0.25) is 0 Å². The van der Waals surface area contributed by atoms with Crippen LogP contribution < -0.4 is 5.73 Å². The molecule has 5 nitrogen and oxygen atoms in total. The highest BCUT2D eigenvalue weighted by molar-refractivity contribution is 5.88. The molecule has 82 valence electrons. The molecule has 16 heavy (non-hydrogen) atoms. The molecule has 0 atom stereocenters. The molecule has 0 radical (unpaired) electrons. The lowest BCUT2D eigenvalue weighted by Crippen LogP contribution is -2.12. The van der Waals surface area contributed by atoms with Crippen LogP contribution in [0.3, 0.4) is 0 Å². The Morgan fingerprint density at radius 2 is 2.25 bits per heavy atom. The van der Waals surface area contributed by atoms with Gasteiger partial charge in [0, 0.05) is 28.7 Å². The summed E-state index contributed by atoms with van der Waals surface area (Å²) in [4.78, 5) is 14.4. The molecule has 5 heteroatoms. The first-order valence-electron chi connectivity index (χ1n) is 4.65. The first kappa shape index (κ1) is 10.2. The Morgan fingerprint density at radius 1 is 1.44 bits per heavy atom. The van der Waals surface area contributed by atoms with E-state index in [4.69, 9.17) is 5.73 Å². The maximum Gasteiger partial charge on any atom is 0.404 e. The molecule has 2 rings (SSSR count). The van der Waals surface area contributed by atoms with E-state index in [0.29, 0.717) is 10.9 Å². The minimum Gasteiger partial charge on any atom is -0.507 e. The number of phenols is 1. The number of aromatic hydroxyl groups is 1. The maximum absolute atomic E-state index is 10.5. The Balaban J connectivity index is 2.40. The van der Waals surface area contributed by atoms with Gasteiger partial charge in [-0.05, 0) is 6.07 Å². The second-order valence-corrected chi connectivity index (χ2v) is 3.28. The zero-order valence-electron chi connectivity index (χ0n) is 8.38. The lowest BCUT2D eigenvalue weighted by atomic mass is 10.1. The highest BCUT2D eigenvalue weighted by Gasteiger charge is 2.07. The van der Waals surface area contributed by atoms with Crippen molar-refractivity contribution in [3.8, 4) is 5.75 Å². The molecule has 1 aromatic carbocycles. The molecule has 0 bridgehead atoms. The number of amides is 1. The average Bonchev–Trinajstić information content (AvgIpc) is 2.28. The van der Waals surface area contributed by atoms with Gasteiger partial charge >= 0.3 is 6.09 Å². The van der Waals surface area contributed by atoms with Crippen LogP contribution in [-0.2, 0) is 11.3 Å². The Morgan fingerprint density at radius 3 is 3.00 bits per heavy atom. The largest absolute Gasteiger partial charge is 0.507 e. The van der Waals surface area contributed by atoms with Gasteiger partial charge in [0.15, 0.2) is 0 Å². The lowest BCUT2D eigenvalue weighted by Gasteiger charge is -2.07. The Hall–Kier alpha value is -2.30. The number of pyridine rings is 1. The molecular formula is C11H10N2O3. The smallest absolute Gasteiger partial charge is 0.404 e. The summed E-state index contributed by atoms with van der Waals surface area (Å²) in [6, 6.07) is 5.16. The highest BCUT2D eigenvalue weighted by atomic mass is 16.5. The molecule has 0 aliphatic carbocycles. The molecule has 1 amide bonds. The predicted octanol–water partition coefficient (Wildman–Crippen LogP) is 1.54. The molecule has 0 aliphatic heterocycles. The van der Waals surface area contributed by atoms with E-state index in [9.17, 15) is 9.90 Å². The maximum atomic E-state index is 10.5. The van der Waals surface area contributed by atoms with Crippen molar-refractivity contribution in [2.24, 2.45) is 5.73 Å². The van der Waals surface area contributed by atoms with E-state index in [2.05, 4.69) is 9.72 Å². The van der Waals surface area contributed by atoms with Crippen molar-refractivity contribution in [1.29, 1.82) is 0 Å². The molecule has 0 fully saturated rings. The molecule has 1 aromatic heterocycles. The van der Waals surface area contributed by atoms with Crippen LogP contribution in [0.15, 0.2) is 30.6 Å². The van der Waals surface area contributed by atoms with Crippen molar-refractivity contribution in [3.05, 3.63) is 36.2 Å². The quantitative estimate of drug-likeness (QED) is 0.800. The van der Waals surface area contributed by atoms with Crippen molar-refractivity contribution in [3.63, 3.8) is 0 Å². The SMILES string of the molecule is NC(=O)OCc1ccc2cnccc2c1O. The van der Waals surface area contributed by atoms with Crippen molar-refractivity contribution in [2.45, 2.75) is 6.61 Å². The van der Waals surface area contributed by atoms with Gasteiger partial charge in [-0.25, -0.2) is 4.79 Å². The summed E-state index contributed by atoms with van der Waals surface area (Å²) in [6.07, 6.45) is 2.36. The summed E-state index contributed by atoms with van der Waals surface area (Å²) in [7, 11) is 0. The van der Waals surface area contributed by atoms with Crippen LogP contribution in [0.5, 0.6) is 5.75 Å². The van der Waals surface area contributed by atoms with E-state index >= 15 is 0 Å². The Kier molecular flexibility index (Phi) is 2.59. The zero-order chi connectivity index (χ0) is 11.5. The van der Waals surface area contributed by atoms with Crippen LogP contribution in [0.4, 0.5) is 4.79 Å². The molecule has 0 saturated heterocycles. The lowest BCUT2D eigenvalue weighted by molar-refractivity contribution is 0.149. The second kappa shape index (κ2) is 4.06. The first-order chi connectivity index (χ1) is 7.68. The Bertz CT molecular complexity index is 540. The first-order valence-corrected chi connectivity index (χ1v) is 4.65. The average molecular weight is 218 g/mol. The summed E-state index contributed by atoms with van der Waals surface area (Å²) in [5, 5.41) is 11.4. The van der Waals surface area contributed by atoms with E-state index in [1.54, 1.807) is 30.6 Å². The molecule has 2 aromatic rings. The van der Waals surface area contributed by atoms with E-state index in [1.165, 1.54) is 0 Å². The number of benzene rings is 1. The standard InChI is InChI=1S/C11H10N2O3/c12-11(15)16-6-8-2-1-7-5-13-4-3-9(7)10(8)14/h1-5,14H,6H2,(H2,12,15). The van der Waals surface area contributed by atoms with Gasteiger partial charge in [-0.2, -0.15) is 0 Å². The number of nitrogens with two attached hydrogens (primary N) is 1. The van der Waals surface area contributed by atoms with Gasteiger partial charge in [-0.15, -0.1) is 0 Å². The number of fused-ring (bicyclic) bond motifs is 1. The van der Waals surface area contributed by atoms with Crippen LogP contribution in [0, 0.1) is 0 Å². The number of phenolic OH excluding ortho intramolecular Hbond substituents is 1. The van der Waals surface area contributed by atoms with Gasteiger partial charge in [-0.1, -0.05) is 12.1 Å². The highest BCUT2D eigenvalue weighted by Crippen LogP contribution is 2.28. The van der Waals surface area contributed by atoms with Gasteiger partial charge in [0.05, 0.1) is 0 Å². The third-order valence-corrected chi connectivity index (χ3v) is 2.25. The monoisotopic (exact) mass is 218 g/mol. The van der Waals surface area contributed by atoms with E-state index < -0.39 is 6.09 Å². The van der Waals surface area contributed by atoms with Crippen LogP contribution in [-0.4, -0.2) is 16.2 Å². The van der Waals surface area contributed by atoms with E-state index in [-0.39, 0.29) is 12.4 Å². The Labute approximate surface area is 91.5 Å². The van der Waals surface area contributed by atoms with Crippen LogP contribution >= 0.6 is 0 Å². The van der Waals surface area contributed by atoms with Gasteiger partial charge in [0.1, 0.15) is 12.4 Å². The van der Waals surface area contributed by atoms with Crippen LogP contribution in [0.25, 0.3) is 10.8 Å². The minimum absolute atomic E-state index is 0.0422. The number of ether oxygens (including phenoxy) is 1. The third-order valence-electron chi connectivity index (χ3n) is 2.25. The number of primary amides is 1. The van der Waals surface area contributed by atoms with Gasteiger partial charge in [-0.3, -0.25) is 4.98 Å². The van der Waals surface area contributed by atoms with E-state index in [0.717, 1.165) is 5.39 Å². The van der Waals surface area contributed by atoms with Crippen molar-refractivity contribution in [1.82, 2.24) is 4.98 Å². The molecule has 1 heterocycles. The fourth-order valence-electron chi connectivity index (χ4n) is 1.46. The molecule has 0 unspecified atom stereocenters. The number of rotatable bonds is 2. The van der Waals surface area contributed by atoms with Crippen molar-refractivity contribution in [2.75, 3.05) is 0 Å². The van der Waals surface area contributed by atoms with Crippen molar-refractivity contribution < 1.29 is 14.6 Å². The fourth-order valence-corrected chi connectivity index (χ4v) is 1.46. The van der Waals surface area contributed by atoms with Crippen LogP contribution in [0.2, 0.25) is 0 Å². The number of carbonyl (C=O) groups is 1. The molecule has 0 aliphatic rings. The normalized spacial score (nSPS) is 10.2. The van der Waals surface area contributed by atoms with E-state index in [1.807, 2.05) is 0 Å². The molecular weight excluding hydrogens is 208 g/mol. The number of hydrogen-bond acceptors (Lipinski definition) is 4. The summed E-state index contributed by atoms with van der Waals surface area (Å²) in [6.45, 7) is -0.0422. The number of carbonyl (C=O) groups excluding carboxylic acids is 1. The fraction of sp³-hybridized carbons (Fsp3) is 0.0909. The summed E-state index contributed by atoms with van der Waals surface area (Å²) >= 11 is 0. The van der Waals surface area contributed by atoms with Gasteiger partial charge < -0.3 is 15.6 Å². The number of nitrogens with zero attached hydrogens (tertiary/aromatic N) is 1. The second-order valence-electron chi connectivity index (χ2n) is 3.28. The number of aromatic nitrogens is 1. The summed E-state index contributed by atoms with van der Waals surface area (Å²) in [5.74, 6) is 0.0844. The zero-order valence-corrected chi connectivity index (χ0v) is 8.38. The minimum atomic E-state index is -0.866. The molecule has 3 N–H and O–H groups in total. The number of hydrogen-bond donors (Lipinski definition) is 2. The molecule has 0 saturated carbocycles. The topological polar surface area (TPSA) is 85.4 Å². The molecule has 0 spiro atoms. The van der Waals surface area contributed by atoms with Gasteiger partial charge in [0.25, 0.3) is 0 Å². The summed E-state index contributed by atoms with van der Waals surface area (Å²) in [5.41, 5.74) is 5.36.